The lowest BCUT2D eigenvalue weighted by atomic mass is 10.0. The Hall–Kier alpha value is -1.34. The fourth-order valence-corrected chi connectivity index (χ4v) is 4.96. The molecule has 0 bridgehead atoms. The van der Waals surface area contributed by atoms with E-state index in [-0.39, 0.29) is 66.9 Å². The molecule has 0 aliphatic carbocycles. The first-order valence-electron chi connectivity index (χ1n) is 11.6. The third kappa shape index (κ3) is 6.21. The van der Waals surface area contributed by atoms with Crippen molar-refractivity contribution in [1.29, 1.82) is 0 Å². The highest BCUT2D eigenvalue weighted by molar-refractivity contribution is 5.66. The van der Waals surface area contributed by atoms with E-state index in [0.29, 0.717) is 33.0 Å². The van der Waals surface area contributed by atoms with Gasteiger partial charge in [-0.2, -0.15) is 0 Å². The summed E-state index contributed by atoms with van der Waals surface area (Å²) in [6.07, 6.45) is 2.00. The van der Waals surface area contributed by atoms with Gasteiger partial charge in [0, 0.05) is 19.8 Å². The molecule has 6 aliphatic heterocycles. The zero-order valence-electron chi connectivity index (χ0n) is 19.1. The highest BCUT2D eigenvalue weighted by Crippen LogP contribution is 2.34. The van der Waals surface area contributed by atoms with Crippen LogP contribution in [0.4, 0.5) is 0 Å². The number of fused-ring (bicyclic) bond motifs is 3. The second kappa shape index (κ2) is 11.4. The van der Waals surface area contributed by atoms with Gasteiger partial charge in [-0.15, -0.1) is 0 Å². The Bertz CT molecular complexity index is 631. The number of rotatable bonds is 2. The first-order chi connectivity index (χ1) is 15.9. The third-order valence-corrected chi connectivity index (χ3v) is 6.61. The van der Waals surface area contributed by atoms with Crippen LogP contribution in [-0.4, -0.2) is 93.9 Å². The maximum Gasteiger partial charge on any atom is 0.302 e. The van der Waals surface area contributed by atoms with Gasteiger partial charge in [-0.25, -0.2) is 0 Å². The SMILES string of the molecule is CC(=O)O[C@H]1CO[C@H]2OCC[C@H]21.CC(=O)O[C@H]1CO[C@H]2OCC[C@H]21.O[C@@H]1CO[C@@H]2OCC[C@@H]21. The van der Waals surface area contributed by atoms with Gasteiger partial charge in [0.05, 0.1) is 57.6 Å². The zero-order chi connectivity index (χ0) is 23.4. The minimum absolute atomic E-state index is 0.0880. The summed E-state index contributed by atoms with van der Waals surface area (Å²) in [4.78, 5) is 21.3. The molecule has 6 saturated heterocycles. The Labute approximate surface area is 192 Å². The third-order valence-electron chi connectivity index (χ3n) is 6.61. The van der Waals surface area contributed by atoms with E-state index in [4.69, 9.17) is 37.9 Å². The van der Waals surface area contributed by atoms with Crippen molar-refractivity contribution in [2.75, 3.05) is 39.6 Å². The number of hydrogen-bond donors (Lipinski definition) is 1. The molecular weight excluding hydrogens is 440 g/mol. The highest BCUT2D eigenvalue weighted by Gasteiger charge is 2.44. The van der Waals surface area contributed by atoms with Crippen molar-refractivity contribution < 1.29 is 52.6 Å². The van der Waals surface area contributed by atoms with Crippen molar-refractivity contribution in [2.24, 2.45) is 17.8 Å². The van der Waals surface area contributed by atoms with E-state index in [1.54, 1.807) is 0 Å². The molecular formula is C22H34O11. The monoisotopic (exact) mass is 474 g/mol. The van der Waals surface area contributed by atoms with E-state index >= 15 is 0 Å². The van der Waals surface area contributed by atoms with Crippen molar-refractivity contribution >= 4 is 11.9 Å². The van der Waals surface area contributed by atoms with E-state index < -0.39 is 0 Å². The number of esters is 2. The lowest BCUT2D eigenvalue weighted by Crippen LogP contribution is -2.25. The minimum atomic E-state index is -0.280. The lowest BCUT2D eigenvalue weighted by molar-refractivity contribution is -0.148. The van der Waals surface area contributed by atoms with Crippen LogP contribution in [0.1, 0.15) is 33.1 Å². The number of aliphatic hydroxyl groups excluding tert-OH is 1. The summed E-state index contributed by atoms with van der Waals surface area (Å²) >= 11 is 0. The van der Waals surface area contributed by atoms with Gasteiger partial charge in [-0.1, -0.05) is 0 Å². The molecule has 0 aromatic carbocycles. The van der Waals surface area contributed by atoms with Crippen LogP contribution in [0.15, 0.2) is 0 Å². The summed E-state index contributed by atoms with van der Waals surface area (Å²) in [5, 5.41) is 9.19. The van der Waals surface area contributed by atoms with Gasteiger partial charge in [-0.05, 0) is 19.3 Å². The first kappa shape index (κ1) is 24.8. The molecule has 11 heteroatoms. The smallest absolute Gasteiger partial charge is 0.302 e. The zero-order valence-corrected chi connectivity index (χ0v) is 19.1. The molecule has 1 N–H and O–H groups in total. The van der Waals surface area contributed by atoms with E-state index in [2.05, 4.69) is 0 Å². The van der Waals surface area contributed by atoms with Crippen LogP contribution >= 0.6 is 0 Å². The van der Waals surface area contributed by atoms with E-state index in [0.717, 1.165) is 25.9 Å². The molecule has 0 saturated carbocycles. The van der Waals surface area contributed by atoms with Crippen LogP contribution in [0.25, 0.3) is 0 Å². The molecule has 0 unspecified atom stereocenters. The molecule has 0 aromatic rings. The molecule has 33 heavy (non-hydrogen) atoms. The Morgan fingerprint density at radius 1 is 0.636 bits per heavy atom. The van der Waals surface area contributed by atoms with Gasteiger partial charge in [0.2, 0.25) is 0 Å². The second-order valence-corrected chi connectivity index (χ2v) is 8.94. The number of carbonyl (C=O) groups excluding carboxylic acids is 2. The molecule has 11 nitrogen and oxygen atoms in total. The number of carbonyl (C=O) groups is 2. The Balaban J connectivity index is 0.000000119. The van der Waals surface area contributed by atoms with Crippen LogP contribution in [0, 0.1) is 17.8 Å². The van der Waals surface area contributed by atoms with Gasteiger partial charge in [-0.3, -0.25) is 9.59 Å². The highest BCUT2D eigenvalue weighted by atomic mass is 16.7. The topological polar surface area (TPSA) is 128 Å². The van der Waals surface area contributed by atoms with Crippen LogP contribution in [0.5, 0.6) is 0 Å². The fourth-order valence-electron chi connectivity index (χ4n) is 4.96. The van der Waals surface area contributed by atoms with Gasteiger partial charge in [0.25, 0.3) is 0 Å². The van der Waals surface area contributed by atoms with Crippen molar-refractivity contribution in [3.05, 3.63) is 0 Å². The maximum absolute atomic E-state index is 10.7. The molecule has 9 atom stereocenters. The summed E-state index contributed by atoms with van der Waals surface area (Å²) < 4.78 is 41.6. The average Bonchev–Trinajstić information content (AvgIpc) is 3.55. The Morgan fingerprint density at radius 3 is 1.45 bits per heavy atom. The fraction of sp³-hybridized carbons (Fsp3) is 0.909. The molecule has 6 fully saturated rings. The quantitative estimate of drug-likeness (QED) is 0.557. The standard InChI is InChI=1S/2C8H12O4.C6H10O3/c2*1-5(9)12-7-4-11-8-6(7)2-3-10-8;7-5-3-9-6-4(5)1-2-8-6/h2*6-8H,2-4H2,1H3;4-7H,1-3H2/t2*6-,7-,8+;4-,5-,6+/m001/s1. The van der Waals surface area contributed by atoms with Crippen LogP contribution < -0.4 is 0 Å². The predicted octanol–water partition coefficient (Wildman–Crippen LogP) is 0.362. The summed E-state index contributed by atoms with van der Waals surface area (Å²) in [5.41, 5.74) is 0. The van der Waals surface area contributed by atoms with E-state index in [9.17, 15) is 14.7 Å². The molecule has 6 heterocycles. The molecule has 0 aromatic heterocycles. The first-order valence-corrected chi connectivity index (χ1v) is 11.6. The van der Waals surface area contributed by atoms with Crippen molar-refractivity contribution in [3.63, 3.8) is 0 Å². The minimum Gasteiger partial charge on any atom is -0.460 e. The van der Waals surface area contributed by atoms with Crippen LogP contribution in [0.2, 0.25) is 0 Å². The maximum atomic E-state index is 10.7. The van der Waals surface area contributed by atoms with Crippen molar-refractivity contribution in [3.8, 4) is 0 Å². The second-order valence-electron chi connectivity index (χ2n) is 8.94. The Morgan fingerprint density at radius 2 is 1.03 bits per heavy atom. The molecule has 0 spiro atoms. The van der Waals surface area contributed by atoms with Crippen molar-refractivity contribution in [2.45, 2.75) is 70.3 Å². The number of hydrogen-bond acceptors (Lipinski definition) is 11. The van der Waals surface area contributed by atoms with E-state index in [1.807, 2.05) is 0 Å². The van der Waals surface area contributed by atoms with Crippen molar-refractivity contribution in [1.82, 2.24) is 0 Å². The largest absolute Gasteiger partial charge is 0.460 e. The summed E-state index contributed by atoms with van der Waals surface area (Å²) in [6, 6.07) is 0. The van der Waals surface area contributed by atoms with Gasteiger partial charge in [0.1, 0.15) is 12.2 Å². The summed E-state index contributed by atoms with van der Waals surface area (Å²) in [5.74, 6) is 0.292. The molecule has 6 aliphatic rings. The van der Waals surface area contributed by atoms with E-state index in [1.165, 1.54) is 13.8 Å². The van der Waals surface area contributed by atoms with Gasteiger partial charge in [0.15, 0.2) is 18.9 Å². The van der Waals surface area contributed by atoms with Gasteiger partial charge >= 0.3 is 11.9 Å². The van der Waals surface area contributed by atoms with Crippen LogP contribution in [0.3, 0.4) is 0 Å². The molecule has 188 valence electrons. The summed E-state index contributed by atoms with van der Waals surface area (Å²) in [7, 11) is 0. The molecule has 6 rings (SSSR count). The van der Waals surface area contributed by atoms with Gasteiger partial charge < -0.3 is 43.0 Å². The van der Waals surface area contributed by atoms with Crippen LogP contribution in [-0.2, 0) is 47.5 Å². The average molecular weight is 475 g/mol. The summed E-state index contributed by atoms with van der Waals surface area (Å²) in [6.45, 7) is 6.43. The predicted molar refractivity (Wildman–Crippen MR) is 109 cm³/mol. The number of aliphatic hydroxyl groups is 1. The molecule has 0 amide bonds. The number of ether oxygens (including phenoxy) is 8. The lowest BCUT2D eigenvalue weighted by Gasteiger charge is -2.13. The normalized spacial score (nSPS) is 42.3. The Kier molecular flexibility index (Phi) is 8.55. The molecule has 0 radical (unpaired) electrons.